The van der Waals surface area contributed by atoms with E-state index in [-0.39, 0.29) is 6.10 Å². The minimum absolute atomic E-state index is 0.156. The highest BCUT2D eigenvalue weighted by Gasteiger charge is 2.13. The van der Waals surface area contributed by atoms with Crippen molar-refractivity contribution < 1.29 is 9.53 Å². The van der Waals surface area contributed by atoms with Crippen molar-refractivity contribution in [3.63, 3.8) is 0 Å². The zero-order chi connectivity index (χ0) is 6.53. The van der Waals surface area contributed by atoms with Gasteiger partial charge in [-0.1, -0.05) is 0 Å². The second-order valence-electron chi connectivity index (χ2n) is 2.01. The van der Waals surface area contributed by atoms with Crippen LogP contribution in [0.2, 0.25) is 0 Å². The van der Waals surface area contributed by atoms with Crippen molar-refractivity contribution in [2.75, 3.05) is 11.5 Å². The monoisotopic (exact) mass is 145 g/mol. The van der Waals surface area contributed by atoms with Gasteiger partial charge in [-0.2, -0.15) is 11.8 Å². The van der Waals surface area contributed by atoms with E-state index in [2.05, 4.69) is 4.74 Å². The van der Waals surface area contributed by atoms with Gasteiger partial charge in [-0.05, 0) is 24.3 Å². The third-order valence-electron chi connectivity index (χ3n) is 1.38. The second kappa shape index (κ2) is 3.77. The van der Waals surface area contributed by atoms with Crippen molar-refractivity contribution in [3.8, 4) is 0 Å². The SMILES string of the molecule is O=[C]OC1CCSCC1. The van der Waals surface area contributed by atoms with Crippen molar-refractivity contribution in [1.29, 1.82) is 0 Å². The van der Waals surface area contributed by atoms with Gasteiger partial charge in [-0.15, -0.1) is 0 Å². The Morgan fingerprint density at radius 2 is 2.11 bits per heavy atom. The average Bonchev–Trinajstić information content (AvgIpc) is 1.91. The molecule has 1 aliphatic rings. The molecule has 0 aromatic heterocycles. The number of ether oxygens (including phenoxy) is 1. The highest BCUT2D eigenvalue weighted by atomic mass is 32.2. The third kappa shape index (κ3) is 2.26. The zero-order valence-electron chi connectivity index (χ0n) is 5.13. The molecule has 0 aliphatic carbocycles. The molecule has 1 radical (unpaired) electrons. The van der Waals surface area contributed by atoms with Crippen LogP contribution >= 0.6 is 11.8 Å². The lowest BCUT2D eigenvalue weighted by Gasteiger charge is -2.18. The van der Waals surface area contributed by atoms with E-state index >= 15 is 0 Å². The van der Waals surface area contributed by atoms with Crippen molar-refractivity contribution in [2.45, 2.75) is 18.9 Å². The quantitative estimate of drug-likeness (QED) is 0.579. The molecule has 3 heteroatoms. The molecule has 1 rings (SSSR count). The fourth-order valence-electron chi connectivity index (χ4n) is 0.862. The molecule has 1 fully saturated rings. The highest BCUT2D eigenvalue weighted by molar-refractivity contribution is 7.99. The van der Waals surface area contributed by atoms with E-state index in [4.69, 9.17) is 0 Å². The molecule has 0 N–H and O–H groups in total. The number of carbonyl (C=O) groups excluding carboxylic acids is 1. The normalized spacial score (nSPS) is 21.3. The summed E-state index contributed by atoms with van der Waals surface area (Å²) >= 11 is 1.91. The lowest BCUT2D eigenvalue weighted by atomic mass is 10.2. The van der Waals surface area contributed by atoms with Crippen LogP contribution in [-0.4, -0.2) is 24.1 Å². The molecule has 0 amide bonds. The van der Waals surface area contributed by atoms with Crippen LogP contribution in [0.1, 0.15) is 12.8 Å². The second-order valence-corrected chi connectivity index (χ2v) is 3.24. The topological polar surface area (TPSA) is 26.3 Å². The van der Waals surface area contributed by atoms with E-state index < -0.39 is 0 Å². The fourth-order valence-corrected chi connectivity index (χ4v) is 1.93. The molecule has 1 heterocycles. The molecule has 1 aliphatic heterocycles. The van der Waals surface area contributed by atoms with Crippen LogP contribution in [0, 0.1) is 0 Å². The van der Waals surface area contributed by atoms with E-state index in [0.717, 1.165) is 24.3 Å². The molecular weight excluding hydrogens is 136 g/mol. The van der Waals surface area contributed by atoms with E-state index in [1.54, 1.807) is 0 Å². The highest BCUT2D eigenvalue weighted by Crippen LogP contribution is 2.18. The zero-order valence-corrected chi connectivity index (χ0v) is 5.95. The first kappa shape index (κ1) is 6.93. The van der Waals surface area contributed by atoms with Gasteiger partial charge in [0.2, 0.25) is 0 Å². The van der Waals surface area contributed by atoms with Crippen LogP contribution in [0.15, 0.2) is 0 Å². The van der Waals surface area contributed by atoms with Crippen molar-refractivity contribution >= 4 is 18.2 Å². The van der Waals surface area contributed by atoms with E-state index in [1.165, 1.54) is 6.47 Å². The molecule has 51 valence electrons. The molecule has 0 spiro atoms. The first-order chi connectivity index (χ1) is 4.43. The Labute approximate surface area is 59.0 Å². The Bertz CT molecular complexity index is 89.1. The van der Waals surface area contributed by atoms with Crippen molar-refractivity contribution in [1.82, 2.24) is 0 Å². The molecule has 2 nitrogen and oxygen atoms in total. The largest absolute Gasteiger partial charge is 0.454 e. The summed E-state index contributed by atoms with van der Waals surface area (Å²) in [5.74, 6) is 2.23. The van der Waals surface area contributed by atoms with Crippen LogP contribution in [-0.2, 0) is 9.53 Å². The standard InChI is InChI=1S/C6H9O2S/c7-5-8-6-1-3-9-4-2-6/h6H,1-4H2. The summed E-state index contributed by atoms with van der Waals surface area (Å²) in [6.07, 6.45) is 2.16. The third-order valence-corrected chi connectivity index (χ3v) is 2.43. The summed E-state index contributed by atoms with van der Waals surface area (Å²) in [6.45, 7) is 1.48. The minimum Gasteiger partial charge on any atom is -0.454 e. The lowest BCUT2D eigenvalue weighted by Crippen LogP contribution is -2.18. The number of thioether (sulfide) groups is 1. The van der Waals surface area contributed by atoms with Gasteiger partial charge in [0.1, 0.15) is 6.10 Å². The Hall–Kier alpha value is -0.180. The van der Waals surface area contributed by atoms with Gasteiger partial charge in [0.25, 0.3) is 0 Å². The van der Waals surface area contributed by atoms with Gasteiger partial charge in [-0.25, -0.2) is 4.79 Å². The van der Waals surface area contributed by atoms with Gasteiger partial charge >= 0.3 is 6.47 Å². The Morgan fingerprint density at radius 1 is 1.44 bits per heavy atom. The van der Waals surface area contributed by atoms with Crippen molar-refractivity contribution in [2.24, 2.45) is 0 Å². The van der Waals surface area contributed by atoms with Gasteiger partial charge in [0, 0.05) is 0 Å². The number of rotatable bonds is 2. The maximum Gasteiger partial charge on any atom is 0.417 e. The molecule has 0 atom stereocenters. The summed E-state index contributed by atoms with van der Waals surface area (Å²) in [4.78, 5) is 9.72. The fraction of sp³-hybridized carbons (Fsp3) is 0.833. The Morgan fingerprint density at radius 3 is 2.67 bits per heavy atom. The molecule has 0 saturated carbocycles. The van der Waals surface area contributed by atoms with E-state index in [9.17, 15) is 4.79 Å². The summed E-state index contributed by atoms with van der Waals surface area (Å²) in [5.41, 5.74) is 0. The maximum absolute atomic E-state index is 9.72. The molecular formula is C6H9O2S. The van der Waals surface area contributed by atoms with E-state index in [0.29, 0.717) is 0 Å². The summed E-state index contributed by atoms with van der Waals surface area (Å²) in [7, 11) is 0. The maximum atomic E-state index is 9.72. The van der Waals surface area contributed by atoms with Gasteiger partial charge in [0.05, 0.1) is 0 Å². The summed E-state index contributed by atoms with van der Waals surface area (Å²) < 4.78 is 4.66. The van der Waals surface area contributed by atoms with Gasteiger partial charge < -0.3 is 4.74 Å². The molecule has 0 bridgehead atoms. The van der Waals surface area contributed by atoms with E-state index in [1.807, 2.05) is 11.8 Å². The first-order valence-corrected chi connectivity index (χ1v) is 4.19. The van der Waals surface area contributed by atoms with Gasteiger partial charge in [-0.3, -0.25) is 0 Å². The van der Waals surface area contributed by atoms with Crippen LogP contribution in [0.25, 0.3) is 0 Å². The summed E-state index contributed by atoms with van der Waals surface area (Å²) in [6, 6.07) is 0. The van der Waals surface area contributed by atoms with Crippen molar-refractivity contribution in [3.05, 3.63) is 0 Å². The van der Waals surface area contributed by atoms with Crippen LogP contribution in [0.5, 0.6) is 0 Å². The number of hydrogen-bond acceptors (Lipinski definition) is 3. The van der Waals surface area contributed by atoms with Gasteiger partial charge in [0.15, 0.2) is 0 Å². The molecule has 0 unspecified atom stereocenters. The first-order valence-electron chi connectivity index (χ1n) is 3.04. The molecule has 0 aromatic carbocycles. The van der Waals surface area contributed by atoms with Crippen LogP contribution in [0.3, 0.4) is 0 Å². The molecule has 9 heavy (non-hydrogen) atoms. The van der Waals surface area contributed by atoms with Crippen LogP contribution in [0.4, 0.5) is 0 Å². The molecule has 0 aromatic rings. The Kier molecular flexibility index (Phi) is 2.91. The Balaban J connectivity index is 2.15. The number of hydrogen-bond donors (Lipinski definition) is 0. The smallest absolute Gasteiger partial charge is 0.417 e. The summed E-state index contributed by atoms with van der Waals surface area (Å²) in [5, 5.41) is 0. The van der Waals surface area contributed by atoms with Crippen LogP contribution < -0.4 is 0 Å². The molecule has 1 saturated heterocycles. The lowest BCUT2D eigenvalue weighted by molar-refractivity contribution is 0.168. The average molecular weight is 145 g/mol. The minimum atomic E-state index is 0.156. The predicted molar refractivity (Wildman–Crippen MR) is 37.1 cm³/mol. The predicted octanol–water partition coefficient (Wildman–Crippen LogP) is 0.966.